The Labute approximate surface area is 141 Å². The van der Waals surface area contributed by atoms with E-state index < -0.39 is 0 Å². The topological polar surface area (TPSA) is 46.1 Å². The van der Waals surface area contributed by atoms with Gasteiger partial charge in [-0.1, -0.05) is 30.3 Å². The highest BCUT2D eigenvalue weighted by Gasteiger charge is 2.22. The number of para-hydroxylation sites is 2. The van der Waals surface area contributed by atoms with Gasteiger partial charge < -0.3 is 15.2 Å². The highest BCUT2D eigenvalue weighted by Crippen LogP contribution is 2.38. The summed E-state index contributed by atoms with van der Waals surface area (Å²) in [5, 5.41) is 7.78. The van der Waals surface area contributed by atoms with Crippen LogP contribution in [0.25, 0.3) is 22.2 Å². The predicted molar refractivity (Wildman–Crippen MR) is 99.4 cm³/mol. The van der Waals surface area contributed by atoms with Crippen molar-refractivity contribution in [3.05, 3.63) is 48.5 Å². The van der Waals surface area contributed by atoms with Crippen molar-refractivity contribution in [1.82, 2.24) is 4.57 Å². The number of anilines is 2. The maximum absolute atomic E-state index is 12.0. The van der Waals surface area contributed by atoms with Crippen LogP contribution in [0.4, 0.5) is 11.4 Å². The van der Waals surface area contributed by atoms with E-state index in [1.165, 1.54) is 16.6 Å². The Bertz CT molecular complexity index is 926. The molecule has 0 saturated heterocycles. The summed E-state index contributed by atoms with van der Waals surface area (Å²) in [5.41, 5.74) is 5.40. The van der Waals surface area contributed by atoms with E-state index >= 15 is 0 Å². The molecule has 0 fully saturated rings. The molecule has 122 valence electrons. The molecule has 1 aromatic heterocycles. The molecule has 4 heteroatoms. The van der Waals surface area contributed by atoms with Crippen LogP contribution in [-0.4, -0.2) is 16.5 Å². The molecule has 1 unspecified atom stereocenters. The van der Waals surface area contributed by atoms with Gasteiger partial charge in [0.25, 0.3) is 0 Å². The SMILES string of the molecule is CCn1c(-c2cccc3c2NC(C)CC(=O)N3)cc2ccccc21. The molecule has 2 aromatic carbocycles. The number of amides is 1. The number of nitrogens with zero attached hydrogens (tertiary/aromatic N) is 1. The zero-order chi connectivity index (χ0) is 16.7. The van der Waals surface area contributed by atoms with E-state index in [0.29, 0.717) is 6.42 Å². The highest BCUT2D eigenvalue weighted by atomic mass is 16.1. The van der Waals surface area contributed by atoms with Crippen LogP contribution in [0.1, 0.15) is 20.3 Å². The minimum Gasteiger partial charge on any atom is -0.380 e. The largest absolute Gasteiger partial charge is 0.380 e. The second-order valence-electron chi connectivity index (χ2n) is 6.36. The summed E-state index contributed by atoms with van der Waals surface area (Å²) < 4.78 is 2.32. The number of nitrogens with one attached hydrogen (secondary N) is 2. The molecule has 1 amide bonds. The third-order valence-electron chi connectivity index (χ3n) is 4.62. The van der Waals surface area contributed by atoms with Crippen LogP contribution in [0, 0.1) is 0 Å². The van der Waals surface area contributed by atoms with Crippen molar-refractivity contribution in [2.75, 3.05) is 10.6 Å². The smallest absolute Gasteiger partial charge is 0.226 e. The minimum atomic E-state index is 0.0573. The number of hydrogen-bond acceptors (Lipinski definition) is 2. The molecule has 0 radical (unpaired) electrons. The van der Waals surface area contributed by atoms with E-state index in [4.69, 9.17) is 0 Å². The number of fused-ring (bicyclic) bond motifs is 2. The van der Waals surface area contributed by atoms with Gasteiger partial charge in [-0.25, -0.2) is 0 Å². The van der Waals surface area contributed by atoms with Crippen molar-refractivity contribution in [3.8, 4) is 11.3 Å². The summed E-state index contributed by atoms with van der Waals surface area (Å²) in [6, 6.07) is 16.9. The van der Waals surface area contributed by atoms with Crippen molar-refractivity contribution in [1.29, 1.82) is 0 Å². The number of aryl methyl sites for hydroxylation is 1. The highest BCUT2D eigenvalue weighted by molar-refractivity contribution is 6.01. The molecule has 2 heterocycles. The van der Waals surface area contributed by atoms with Crippen LogP contribution in [0.15, 0.2) is 48.5 Å². The molecule has 0 saturated carbocycles. The van der Waals surface area contributed by atoms with Crippen molar-refractivity contribution in [2.45, 2.75) is 32.9 Å². The normalized spacial score (nSPS) is 17.1. The van der Waals surface area contributed by atoms with Crippen LogP contribution < -0.4 is 10.6 Å². The molecule has 2 N–H and O–H groups in total. The lowest BCUT2D eigenvalue weighted by Crippen LogP contribution is -2.19. The van der Waals surface area contributed by atoms with E-state index in [2.05, 4.69) is 58.5 Å². The molecule has 1 aliphatic rings. The van der Waals surface area contributed by atoms with Gasteiger partial charge >= 0.3 is 0 Å². The first-order valence-corrected chi connectivity index (χ1v) is 8.45. The Morgan fingerprint density at radius 2 is 2.00 bits per heavy atom. The first kappa shape index (κ1) is 14.8. The van der Waals surface area contributed by atoms with Crippen molar-refractivity contribution >= 4 is 28.2 Å². The molecule has 1 atom stereocenters. The minimum absolute atomic E-state index is 0.0573. The van der Waals surface area contributed by atoms with Gasteiger partial charge in [0.05, 0.1) is 17.1 Å². The number of hydrogen-bond donors (Lipinski definition) is 2. The third-order valence-corrected chi connectivity index (χ3v) is 4.62. The van der Waals surface area contributed by atoms with Crippen LogP contribution in [-0.2, 0) is 11.3 Å². The summed E-state index contributed by atoms with van der Waals surface area (Å²) in [4.78, 5) is 12.0. The molecule has 24 heavy (non-hydrogen) atoms. The molecule has 4 rings (SSSR count). The van der Waals surface area contributed by atoms with Gasteiger partial charge in [0, 0.05) is 35.5 Å². The summed E-state index contributed by atoms with van der Waals surface area (Å²) in [6.07, 6.45) is 0.477. The fourth-order valence-corrected chi connectivity index (χ4v) is 3.58. The van der Waals surface area contributed by atoms with Crippen LogP contribution in [0.5, 0.6) is 0 Å². The maximum atomic E-state index is 12.0. The number of aromatic nitrogens is 1. The Kier molecular flexibility index (Phi) is 3.53. The summed E-state index contributed by atoms with van der Waals surface area (Å²) >= 11 is 0. The van der Waals surface area contributed by atoms with Gasteiger partial charge in [-0.2, -0.15) is 0 Å². The maximum Gasteiger partial charge on any atom is 0.226 e. The lowest BCUT2D eigenvalue weighted by atomic mass is 10.1. The van der Waals surface area contributed by atoms with Gasteiger partial charge in [0.2, 0.25) is 5.91 Å². The van der Waals surface area contributed by atoms with Crippen LogP contribution in [0.3, 0.4) is 0 Å². The molecule has 0 bridgehead atoms. The van der Waals surface area contributed by atoms with E-state index in [9.17, 15) is 4.79 Å². The zero-order valence-corrected chi connectivity index (χ0v) is 14.0. The monoisotopic (exact) mass is 319 g/mol. The van der Waals surface area contributed by atoms with Gasteiger partial charge in [-0.15, -0.1) is 0 Å². The average Bonchev–Trinajstić information content (AvgIpc) is 2.86. The Balaban J connectivity index is 1.95. The molecular formula is C20H21N3O. The molecule has 0 aliphatic carbocycles. The quantitative estimate of drug-likeness (QED) is 0.732. The number of rotatable bonds is 2. The Morgan fingerprint density at radius 1 is 1.17 bits per heavy atom. The molecule has 4 nitrogen and oxygen atoms in total. The lowest BCUT2D eigenvalue weighted by Gasteiger charge is -2.18. The van der Waals surface area contributed by atoms with Gasteiger partial charge in [0.15, 0.2) is 0 Å². The van der Waals surface area contributed by atoms with Crippen molar-refractivity contribution < 1.29 is 4.79 Å². The number of carbonyl (C=O) groups is 1. The second-order valence-corrected chi connectivity index (χ2v) is 6.36. The number of carbonyl (C=O) groups excluding carboxylic acids is 1. The van der Waals surface area contributed by atoms with Crippen molar-refractivity contribution in [3.63, 3.8) is 0 Å². The fraction of sp³-hybridized carbons (Fsp3) is 0.250. The number of benzene rings is 2. The van der Waals surface area contributed by atoms with E-state index in [0.717, 1.165) is 23.5 Å². The van der Waals surface area contributed by atoms with Gasteiger partial charge in [0.1, 0.15) is 0 Å². The third kappa shape index (κ3) is 2.35. The predicted octanol–water partition coefficient (Wildman–Crippen LogP) is 4.47. The summed E-state index contributed by atoms with van der Waals surface area (Å²) in [5.74, 6) is 0.0573. The second kappa shape index (κ2) is 5.71. The summed E-state index contributed by atoms with van der Waals surface area (Å²) in [6.45, 7) is 5.10. The average molecular weight is 319 g/mol. The Hall–Kier alpha value is -2.75. The molecule has 1 aliphatic heterocycles. The van der Waals surface area contributed by atoms with E-state index in [-0.39, 0.29) is 11.9 Å². The van der Waals surface area contributed by atoms with E-state index in [1.807, 2.05) is 19.1 Å². The molecule has 3 aromatic rings. The van der Waals surface area contributed by atoms with E-state index in [1.54, 1.807) is 0 Å². The van der Waals surface area contributed by atoms with Gasteiger partial charge in [-0.3, -0.25) is 4.79 Å². The first-order valence-electron chi connectivity index (χ1n) is 8.45. The standard InChI is InChI=1S/C20H21N3O/c1-3-23-17-10-5-4-7-14(17)12-18(23)15-8-6-9-16-20(15)21-13(2)11-19(24)22-16/h4-10,12-13,21H,3,11H2,1-2H3,(H,22,24). The van der Waals surface area contributed by atoms with Crippen LogP contribution in [0.2, 0.25) is 0 Å². The Morgan fingerprint density at radius 3 is 2.83 bits per heavy atom. The summed E-state index contributed by atoms with van der Waals surface area (Å²) in [7, 11) is 0. The molecular weight excluding hydrogens is 298 g/mol. The van der Waals surface area contributed by atoms with Crippen molar-refractivity contribution in [2.24, 2.45) is 0 Å². The first-order chi connectivity index (χ1) is 11.7. The molecule has 0 spiro atoms. The zero-order valence-electron chi connectivity index (χ0n) is 14.0. The van der Waals surface area contributed by atoms with Crippen LogP contribution >= 0.6 is 0 Å². The lowest BCUT2D eigenvalue weighted by molar-refractivity contribution is -0.116. The fourth-order valence-electron chi connectivity index (χ4n) is 3.58. The van der Waals surface area contributed by atoms with Gasteiger partial charge in [-0.05, 0) is 32.0 Å².